The molecule has 0 saturated heterocycles. The van der Waals surface area contributed by atoms with Crippen LogP contribution in [0.25, 0.3) is 0 Å². The molecule has 1 saturated carbocycles. The first-order chi connectivity index (χ1) is 14.3. The first-order valence-corrected chi connectivity index (χ1v) is 10.6. The highest BCUT2D eigenvalue weighted by Crippen LogP contribution is 2.27. The van der Waals surface area contributed by atoms with Crippen molar-refractivity contribution in [2.75, 3.05) is 6.61 Å². The molecule has 0 radical (unpaired) electrons. The second-order valence-corrected chi connectivity index (χ2v) is 8.02. The normalized spacial score (nSPS) is 13.6. The van der Waals surface area contributed by atoms with E-state index in [1.807, 2.05) is 22.9 Å². The average molecular weight is 448 g/mol. The molecular formula is C24H22BrN3O. The number of rotatable bonds is 7. The fraction of sp³-hybridized carbons (Fsp3) is 0.250. The van der Waals surface area contributed by atoms with Crippen molar-refractivity contribution >= 4 is 21.6 Å². The third kappa shape index (κ3) is 6.07. The molecule has 0 spiro atoms. The van der Waals surface area contributed by atoms with Gasteiger partial charge in [0.1, 0.15) is 12.3 Å². The Balaban J connectivity index is 1.43. The van der Waals surface area contributed by atoms with Gasteiger partial charge in [0, 0.05) is 40.3 Å². The summed E-state index contributed by atoms with van der Waals surface area (Å²) >= 11 is 3.46. The summed E-state index contributed by atoms with van der Waals surface area (Å²) in [7, 11) is 0. The van der Waals surface area contributed by atoms with E-state index in [0.717, 1.165) is 27.7 Å². The lowest BCUT2D eigenvalue weighted by atomic mass is 10.1. The van der Waals surface area contributed by atoms with Gasteiger partial charge >= 0.3 is 0 Å². The van der Waals surface area contributed by atoms with Crippen molar-refractivity contribution in [3.63, 3.8) is 0 Å². The summed E-state index contributed by atoms with van der Waals surface area (Å²) in [4.78, 5) is 9.78. The Morgan fingerprint density at radius 2 is 1.93 bits per heavy atom. The monoisotopic (exact) mass is 447 g/mol. The highest BCUT2D eigenvalue weighted by atomic mass is 79.9. The molecule has 0 atom stereocenters. The minimum atomic E-state index is 0.528. The van der Waals surface area contributed by atoms with Gasteiger partial charge in [0.15, 0.2) is 0 Å². The number of imidazole rings is 1. The van der Waals surface area contributed by atoms with Crippen molar-refractivity contribution in [3.8, 4) is 11.8 Å². The summed E-state index contributed by atoms with van der Waals surface area (Å²) in [6.07, 6.45) is 8.77. The SMILES string of the molecule is Brc1ccc(CCON=C(Cn2ccnc2)c2ccc(C#CC3CC3)cc2)cc1. The third-order valence-corrected chi connectivity index (χ3v) is 5.21. The van der Waals surface area contributed by atoms with Crippen LogP contribution in [0.4, 0.5) is 0 Å². The molecule has 1 aliphatic rings. The number of aromatic nitrogens is 2. The van der Waals surface area contributed by atoms with Crippen LogP contribution in [-0.2, 0) is 17.8 Å². The summed E-state index contributed by atoms with van der Waals surface area (Å²) in [6, 6.07) is 16.5. The molecule has 0 unspecified atom stereocenters. The molecular weight excluding hydrogens is 426 g/mol. The fourth-order valence-electron chi connectivity index (χ4n) is 2.82. The van der Waals surface area contributed by atoms with Gasteiger partial charge in [-0.25, -0.2) is 4.98 Å². The molecule has 5 heteroatoms. The average Bonchev–Trinajstić information content (AvgIpc) is 3.44. The van der Waals surface area contributed by atoms with Gasteiger partial charge in [-0.2, -0.15) is 0 Å². The molecule has 3 aromatic rings. The molecule has 29 heavy (non-hydrogen) atoms. The Labute approximate surface area is 179 Å². The van der Waals surface area contributed by atoms with Gasteiger partial charge in [-0.1, -0.05) is 57.2 Å². The van der Waals surface area contributed by atoms with Gasteiger partial charge in [-0.15, -0.1) is 0 Å². The summed E-state index contributed by atoms with van der Waals surface area (Å²) < 4.78 is 3.06. The lowest BCUT2D eigenvalue weighted by molar-refractivity contribution is 0.147. The Morgan fingerprint density at radius 1 is 1.14 bits per heavy atom. The summed E-state index contributed by atoms with van der Waals surface area (Å²) in [5.74, 6) is 7.16. The molecule has 4 rings (SSSR count). The van der Waals surface area contributed by atoms with Crippen molar-refractivity contribution in [1.29, 1.82) is 0 Å². The lowest BCUT2D eigenvalue weighted by Crippen LogP contribution is -2.12. The molecule has 2 aromatic carbocycles. The number of oxime groups is 1. The molecule has 1 aliphatic carbocycles. The maximum atomic E-state index is 5.67. The van der Waals surface area contributed by atoms with Crippen LogP contribution in [0, 0.1) is 17.8 Å². The van der Waals surface area contributed by atoms with Gasteiger partial charge in [-0.3, -0.25) is 0 Å². The van der Waals surface area contributed by atoms with Crippen LogP contribution in [0.3, 0.4) is 0 Å². The molecule has 1 fully saturated rings. The van der Waals surface area contributed by atoms with E-state index < -0.39 is 0 Å². The second-order valence-electron chi connectivity index (χ2n) is 7.10. The Morgan fingerprint density at radius 3 is 2.62 bits per heavy atom. The van der Waals surface area contributed by atoms with Gasteiger partial charge in [0.2, 0.25) is 0 Å². The first kappa shape index (κ1) is 19.5. The van der Waals surface area contributed by atoms with E-state index in [1.165, 1.54) is 18.4 Å². The lowest BCUT2D eigenvalue weighted by Gasteiger charge is -2.09. The molecule has 0 bridgehead atoms. The Bertz CT molecular complexity index is 1010. The Hall–Kier alpha value is -2.84. The number of halogens is 1. The van der Waals surface area contributed by atoms with E-state index in [4.69, 9.17) is 4.84 Å². The van der Waals surface area contributed by atoms with E-state index >= 15 is 0 Å². The largest absolute Gasteiger partial charge is 0.395 e. The highest BCUT2D eigenvalue weighted by molar-refractivity contribution is 9.10. The molecule has 0 aliphatic heterocycles. The zero-order valence-electron chi connectivity index (χ0n) is 16.1. The van der Waals surface area contributed by atoms with Crippen LogP contribution in [0.15, 0.2) is 76.9 Å². The topological polar surface area (TPSA) is 39.4 Å². The van der Waals surface area contributed by atoms with Crippen LogP contribution >= 0.6 is 15.9 Å². The van der Waals surface area contributed by atoms with Gasteiger partial charge < -0.3 is 9.40 Å². The number of benzene rings is 2. The van der Waals surface area contributed by atoms with Crippen LogP contribution in [0.1, 0.15) is 29.5 Å². The van der Waals surface area contributed by atoms with Crippen molar-refractivity contribution in [3.05, 3.63) is 88.4 Å². The van der Waals surface area contributed by atoms with Crippen LogP contribution < -0.4 is 0 Å². The van der Waals surface area contributed by atoms with Crippen molar-refractivity contribution in [2.24, 2.45) is 11.1 Å². The molecule has 0 amide bonds. The minimum absolute atomic E-state index is 0.528. The Kier molecular flexibility index (Phi) is 6.43. The van der Waals surface area contributed by atoms with Gasteiger partial charge in [0.05, 0.1) is 12.9 Å². The summed E-state index contributed by atoms with van der Waals surface area (Å²) in [6.45, 7) is 1.13. The van der Waals surface area contributed by atoms with Crippen LogP contribution in [0.5, 0.6) is 0 Å². The van der Waals surface area contributed by atoms with E-state index in [2.05, 4.69) is 74.3 Å². The van der Waals surface area contributed by atoms with Crippen LogP contribution in [-0.4, -0.2) is 21.9 Å². The van der Waals surface area contributed by atoms with Crippen molar-refractivity contribution in [1.82, 2.24) is 9.55 Å². The van der Waals surface area contributed by atoms with Gasteiger partial charge in [-0.05, 0) is 42.7 Å². The number of nitrogens with zero attached hydrogens (tertiary/aromatic N) is 3. The minimum Gasteiger partial charge on any atom is -0.395 e. The van der Waals surface area contributed by atoms with Crippen LogP contribution in [0.2, 0.25) is 0 Å². The maximum absolute atomic E-state index is 5.67. The van der Waals surface area contributed by atoms with Gasteiger partial charge in [0.25, 0.3) is 0 Å². The maximum Gasteiger partial charge on any atom is 0.121 e. The zero-order valence-corrected chi connectivity index (χ0v) is 17.7. The van der Waals surface area contributed by atoms with E-state index in [-0.39, 0.29) is 0 Å². The second kappa shape index (κ2) is 9.58. The van der Waals surface area contributed by atoms with E-state index in [9.17, 15) is 0 Å². The number of hydrogen-bond donors (Lipinski definition) is 0. The van der Waals surface area contributed by atoms with Crippen molar-refractivity contribution < 1.29 is 4.84 Å². The predicted molar refractivity (Wildman–Crippen MR) is 119 cm³/mol. The number of hydrogen-bond acceptors (Lipinski definition) is 3. The molecule has 146 valence electrons. The van der Waals surface area contributed by atoms with E-state index in [1.54, 1.807) is 12.5 Å². The summed E-state index contributed by atoms with van der Waals surface area (Å²) in [5, 5.41) is 4.44. The first-order valence-electron chi connectivity index (χ1n) is 9.77. The molecule has 1 aromatic heterocycles. The third-order valence-electron chi connectivity index (χ3n) is 4.68. The fourth-order valence-corrected chi connectivity index (χ4v) is 3.09. The standard InChI is InChI=1S/C24H22BrN3O/c25-23-11-7-21(8-12-23)13-16-29-27-24(17-28-15-14-26-18-28)22-9-5-20(6-10-22)4-3-19-1-2-19/h5-12,14-15,18-19H,1-2,13,16-17H2. The van der Waals surface area contributed by atoms with E-state index in [0.29, 0.717) is 19.1 Å². The summed E-state index contributed by atoms with van der Waals surface area (Å²) in [5.41, 5.74) is 4.15. The highest BCUT2D eigenvalue weighted by Gasteiger charge is 2.17. The predicted octanol–water partition coefficient (Wildman–Crippen LogP) is 5.07. The zero-order chi connectivity index (χ0) is 19.9. The molecule has 4 nitrogen and oxygen atoms in total. The molecule has 0 N–H and O–H groups in total. The molecule has 1 heterocycles. The smallest absolute Gasteiger partial charge is 0.121 e. The quantitative estimate of drug-likeness (QED) is 0.219. The van der Waals surface area contributed by atoms with Crippen molar-refractivity contribution in [2.45, 2.75) is 25.8 Å².